The number of thiol groups is 1. The topological polar surface area (TPSA) is 146 Å². The first-order valence-corrected chi connectivity index (χ1v) is 18.5. The van der Waals surface area contributed by atoms with E-state index in [-0.39, 0.29) is 196 Å². The van der Waals surface area contributed by atoms with Gasteiger partial charge in [-0.2, -0.15) is 12.6 Å². The second-order valence-corrected chi connectivity index (χ2v) is 15.0. The van der Waals surface area contributed by atoms with Crippen molar-refractivity contribution < 1.29 is 194 Å². The molecule has 2 atom stereocenters. The van der Waals surface area contributed by atoms with Crippen molar-refractivity contribution in [3.63, 3.8) is 0 Å². The number of esters is 2. The van der Waals surface area contributed by atoms with E-state index in [1.54, 1.807) is 0 Å². The minimum atomic E-state index is -0.449. The van der Waals surface area contributed by atoms with E-state index in [0.717, 1.165) is 11.1 Å². The molecule has 2 unspecified atom stereocenters. The fourth-order valence-electron chi connectivity index (χ4n) is 2.23. The molecule has 21 heteroatoms. The zero-order chi connectivity index (χ0) is 34.2. The number of aliphatic hydroxyl groups excluding tert-OH is 2. The van der Waals surface area contributed by atoms with Gasteiger partial charge < -0.3 is 55.1 Å². The molecule has 2 aromatic carbocycles. The van der Waals surface area contributed by atoms with E-state index in [4.69, 9.17) is 27.2 Å². The minimum Gasteiger partial charge on any atom is -0.870 e. The number of rotatable bonds is 10. The van der Waals surface area contributed by atoms with Crippen LogP contribution >= 0.6 is 113 Å². The number of carbonyl (C=O) groups excluding carboxylic acids is 2. The van der Waals surface area contributed by atoms with E-state index in [1.165, 1.54) is 49.5 Å². The van der Waals surface area contributed by atoms with Gasteiger partial charge in [-0.05, 0) is 41.3 Å². The molecule has 2 rings (SSSR count). The van der Waals surface area contributed by atoms with Crippen molar-refractivity contribution in [3.05, 3.63) is 71.8 Å². The van der Waals surface area contributed by atoms with Gasteiger partial charge in [0.15, 0.2) is 0 Å². The summed E-state index contributed by atoms with van der Waals surface area (Å²) in [6, 6.07) is 18.8. The quantitative estimate of drug-likeness (QED) is 0.0544. The molecule has 0 aliphatic rings. The fourth-order valence-corrected chi connectivity index (χ4v) is 5.76. The SMILES string of the molecule is COC(=O)C(Br)c1ccccc1.COC(=O)C(SC(=S)SCCO)c1ccccc1.OCCS.S=C=S.[K+].[K+].[K+].[O-]CCSC(=S)[S-].[OH-]. The summed E-state index contributed by atoms with van der Waals surface area (Å²) in [6.07, 6.45) is 0. The van der Waals surface area contributed by atoms with Gasteiger partial charge in [-0.25, -0.2) is 0 Å². The number of alkyl halides is 1. The summed E-state index contributed by atoms with van der Waals surface area (Å²) in [5.74, 6) is 1.02. The van der Waals surface area contributed by atoms with Crippen molar-refractivity contribution in [2.75, 3.05) is 51.3 Å². The molecule has 0 aromatic heterocycles. The van der Waals surface area contributed by atoms with Crippen LogP contribution in [0.1, 0.15) is 21.2 Å². The smallest absolute Gasteiger partial charge is 0.870 e. The predicted molar refractivity (Wildman–Crippen MR) is 211 cm³/mol. The number of thiocarbonyl (C=S) groups is 4. The van der Waals surface area contributed by atoms with E-state index >= 15 is 0 Å². The standard InChI is InChI=1S/C12H14O3S3.C9H9BrO2.C3H5OS3.C2H6OS.CS2.3K.H2O/c1-15-11(14)10(9-5-3-2-4-6-9)18-12(16)17-8-7-13;1-12-9(11)8(10)7-5-3-2-4-6-7;4-1-2-7-3(5)6;3-1-2-4;2-1-3;;;;/h2-6,10,13H,7-8H2,1H3;2-6,8H,1H3;1-2H2,(H,5,6);3-4H,1-2H2;;;;;1H2/q;;-1;;;3*+1;/p-2. The number of ether oxygens (including phenoxy) is 2. The molecule has 0 amide bonds. The van der Waals surface area contributed by atoms with Gasteiger partial charge in [-0.15, -0.1) is 30.1 Å². The van der Waals surface area contributed by atoms with Crippen LogP contribution in [0.2, 0.25) is 0 Å². The number of hydrogen-bond acceptors (Lipinski definition) is 17. The molecule has 0 radical (unpaired) electrons. The number of aliphatic hydroxyl groups is 2. The Morgan fingerprint density at radius 2 is 1.31 bits per heavy atom. The Bertz CT molecular complexity index is 1080. The van der Waals surface area contributed by atoms with Crippen molar-refractivity contribution in [2.45, 2.75) is 10.1 Å². The second kappa shape index (κ2) is 51.6. The van der Waals surface area contributed by atoms with Crippen LogP contribution in [0, 0.1) is 0 Å². The molecule has 0 aliphatic carbocycles. The van der Waals surface area contributed by atoms with E-state index in [1.807, 2.05) is 65.0 Å². The third-order valence-corrected chi connectivity index (χ3v) is 9.16. The fraction of sp³-hybridized carbons (Fsp3) is 0.370. The molecule has 0 bridgehead atoms. The predicted octanol–water partition coefficient (Wildman–Crippen LogP) is -3.39. The number of hydrogen-bond donors (Lipinski definition) is 3. The van der Waals surface area contributed by atoms with Gasteiger partial charge in [0, 0.05) is 15.8 Å². The first kappa shape index (κ1) is 67.4. The summed E-state index contributed by atoms with van der Waals surface area (Å²) in [5.41, 5.74) is 1.77. The van der Waals surface area contributed by atoms with Gasteiger partial charge in [-0.3, -0.25) is 9.59 Å². The molecule has 0 spiro atoms. The average Bonchev–Trinajstić information content (AvgIpc) is 3.06. The Hall–Kier alpha value is 4.63. The average molecular weight is 972 g/mol. The molecule has 0 aliphatic heterocycles. The van der Waals surface area contributed by atoms with Crippen LogP contribution in [0.3, 0.4) is 0 Å². The van der Waals surface area contributed by atoms with Crippen LogP contribution in [0.15, 0.2) is 60.7 Å². The molecule has 8 nitrogen and oxygen atoms in total. The first-order valence-electron chi connectivity index (χ1n) is 12.0. The number of halogens is 1. The normalized spacial score (nSPS) is 9.56. The van der Waals surface area contributed by atoms with Gasteiger partial charge >= 0.3 is 166 Å². The van der Waals surface area contributed by atoms with Gasteiger partial charge in [-0.1, -0.05) is 104 Å². The number of benzene rings is 2. The monoisotopic (exact) mass is 970 g/mol. The van der Waals surface area contributed by atoms with Gasteiger partial charge in [0.2, 0.25) is 0 Å². The number of thioether (sulfide) groups is 3. The molecule has 254 valence electrons. The van der Waals surface area contributed by atoms with Crippen LogP contribution in [0.5, 0.6) is 0 Å². The van der Waals surface area contributed by atoms with E-state index in [2.05, 4.69) is 82.6 Å². The van der Waals surface area contributed by atoms with E-state index in [9.17, 15) is 14.7 Å². The summed E-state index contributed by atoms with van der Waals surface area (Å²) >= 11 is 32.9. The summed E-state index contributed by atoms with van der Waals surface area (Å²) in [7, 11) is 2.74. The molecule has 0 saturated heterocycles. The van der Waals surface area contributed by atoms with Gasteiger partial charge in [0.25, 0.3) is 0 Å². The van der Waals surface area contributed by atoms with Crippen molar-refractivity contribution in [2.24, 2.45) is 0 Å². The number of methoxy groups -OCH3 is 2. The zero-order valence-electron chi connectivity index (χ0n) is 27.1. The van der Waals surface area contributed by atoms with Crippen molar-refractivity contribution in [3.8, 4) is 0 Å². The van der Waals surface area contributed by atoms with Crippen LogP contribution < -0.4 is 159 Å². The maximum atomic E-state index is 11.8. The van der Waals surface area contributed by atoms with Crippen molar-refractivity contribution in [1.29, 1.82) is 0 Å². The summed E-state index contributed by atoms with van der Waals surface area (Å²) in [6.45, 7) is 0.157. The Morgan fingerprint density at radius 1 is 0.896 bits per heavy atom. The first-order chi connectivity index (χ1) is 21.0. The second-order valence-electron chi connectivity index (χ2n) is 6.88. The zero-order valence-corrected chi connectivity index (χ0v) is 45.5. The Morgan fingerprint density at radius 3 is 1.62 bits per heavy atom. The van der Waals surface area contributed by atoms with Gasteiger partial charge in [0.05, 0.1) is 27.4 Å². The summed E-state index contributed by atoms with van der Waals surface area (Å²) in [4.78, 5) is 22.4. The van der Waals surface area contributed by atoms with E-state index < -0.39 is 5.25 Å². The molecule has 0 saturated carbocycles. The molecular formula is C27H34BrK3O8S9. The largest absolute Gasteiger partial charge is 1.00 e. The van der Waals surface area contributed by atoms with Gasteiger partial charge in [0.1, 0.15) is 13.6 Å². The minimum absolute atomic E-state index is 0. The summed E-state index contributed by atoms with van der Waals surface area (Å²) in [5, 5.41) is 25.8. The molecule has 0 heterocycles. The summed E-state index contributed by atoms with van der Waals surface area (Å²) < 4.78 is 12.4. The molecule has 48 heavy (non-hydrogen) atoms. The Balaban J connectivity index is -0.0000000978. The molecule has 3 N–H and O–H groups in total. The third kappa shape index (κ3) is 43.4. The Labute approximate surface area is 465 Å². The van der Waals surface area contributed by atoms with Crippen molar-refractivity contribution >= 4 is 149 Å². The van der Waals surface area contributed by atoms with E-state index in [0.29, 0.717) is 24.3 Å². The van der Waals surface area contributed by atoms with Crippen molar-refractivity contribution in [1.82, 2.24) is 0 Å². The van der Waals surface area contributed by atoms with Crippen LogP contribution in [-0.2, 0) is 31.7 Å². The van der Waals surface area contributed by atoms with Crippen LogP contribution in [0.25, 0.3) is 0 Å². The third-order valence-electron chi connectivity index (χ3n) is 3.95. The number of carbonyl (C=O) groups is 2. The maximum absolute atomic E-state index is 11.8. The van der Waals surface area contributed by atoms with Crippen LogP contribution in [0.4, 0.5) is 0 Å². The Kier molecular flexibility index (Phi) is 72.5. The molecule has 2 aromatic rings. The molecular weight excluding hydrogens is 938 g/mol. The maximum Gasteiger partial charge on any atom is 1.00 e. The molecule has 0 fully saturated rings. The van der Waals surface area contributed by atoms with Crippen LogP contribution in [-0.4, -0.2) is 90.3 Å².